The van der Waals surface area contributed by atoms with Crippen LogP contribution in [0.2, 0.25) is 0 Å². The van der Waals surface area contributed by atoms with E-state index in [4.69, 9.17) is 15.0 Å². The van der Waals surface area contributed by atoms with Gasteiger partial charge in [-0.05, 0) is 12.5 Å². The molecule has 0 unspecified atom stereocenters. The average Bonchev–Trinajstić information content (AvgIpc) is 2.37. The fourth-order valence-corrected chi connectivity index (χ4v) is 1.13. The van der Waals surface area contributed by atoms with Crippen molar-refractivity contribution in [1.82, 2.24) is 0 Å². The van der Waals surface area contributed by atoms with Crippen LogP contribution in [0.1, 0.15) is 19.4 Å². The first-order valence-electron chi connectivity index (χ1n) is 5.60. The minimum atomic E-state index is -1.08. The van der Waals surface area contributed by atoms with Crippen LogP contribution in [0.3, 0.4) is 0 Å². The van der Waals surface area contributed by atoms with Crippen molar-refractivity contribution in [3.05, 3.63) is 51.8 Å². The Morgan fingerprint density at radius 3 is 2.32 bits per heavy atom. The Balaban J connectivity index is 0. The van der Waals surface area contributed by atoms with Crippen LogP contribution in [0.15, 0.2) is 30.0 Å². The summed E-state index contributed by atoms with van der Waals surface area (Å²) >= 11 is 0. The van der Waals surface area contributed by atoms with E-state index in [2.05, 4.69) is 10.8 Å². The Morgan fingerprint density at radius 1 is 1.36 bits per heavy atom. The van der Waals surface area contributed by atoms with Crippen molar-refractivity contribution in [2.45, 2.75) is 13.8 Å². The maximum atomic E-state index is 10.7. The number of non-ortho nitro benzene ring substituents is 1. The molecule has 1 rings (SSSR count). The maximum absolute atomic E-state index is 10.7. The molecule has 0 heterocycles. The number of esters is 1. The standard InChI is InChI=1S/C11H10NO5.C2H4O2.Hg/c1-8(14)17-11(7-13)6-9-3-2-4-10(5-9)12(15)16;1-2(3)4;/h2-5,13H,7H2,1H3;1H3,(H,3,4);/q;;+1/p-1. The van der Waals surface area contributed by atoms with Crippen molar-refractivity contribution in [3.8, 4) is 0 Å². The predicted octanol–water partition coefficient (Wildman–Crippen LogP) is -0.0609. The first-order valence-corrected chi connectivity index (χ1v) is 5.60. The Labute approximate surface area is 147 Å². The molecule has 114 valence electrons. The number of aliphatic hydroxyl groups excluding tert-OH is 1. The van der Waals surface area contributed by atoms with Gasteiger partial charge in [0, 0.05) is 31.1 Å². The summed E-state index contributed by atoms with van der Waals surface area (Å²) in [5.41, 5.74) is 0.250. The van der Waals surface area contributed by atoms with Crippen LogP contribution >= 0.6 is 0 Å². The van der Waals surface area contributed by atoms with Gasteiger partial charge in [-0.2, -0.15) is 0 Å². The van der Waals surface area contributed by atoms with Crippen LogP contribution in [-0.4, -0.2) is 28.6 Å². The number of carboxylic acid groups (broad SMARTS) is 1. The first-order chi connectivity index (χ1) is 9.76. The molecular formula is C13H13HgNO7. The minimum Gasteiger partial charge on any atom is -0.550 e. The number of carboxylic acids is 1. The van der Waals surface area contributed by atoms with E-state index in [1.54, 1.807) is 6.07 Å². The fraction of sp³-hybridized carbons (Fsp3) is 0.231. The number of aliphatic hydroxyl groups is 1. The number of aliphatic carboxylic acids is 1. The van der Waals surface area contributed by atoms with Crippen LogP contribution in [0.4, 0.5) is 5.69 Å². The zero-order valence-electron chi connectivity index (χ0n) is 12.1. The average molecular weight is 496 g/mol. The van der Waals surface area contributed by atoms with Gasteiger partial charge < -0.3 is 19.7 Å². The van der Waals surface area contributed by atoms with E-state index < -0.39 is 23.5 Å². The van der Waals surface area contributed by atoms with Crippen LogP contribution in [-0.2, 0) is 42.0 Å². The van der Waals surface area contributed by atoms with Gasteiger partial charge in [0.2, 0.25) is 0 Å². The van der Waals surface area contributed by atoms with Crippen molar-refractivity contribution in [3.63, 3.8) is 0 Å². The number of nitrogens with zero attached hydrogens (tertiary/aromatic N) is 1. The number of rotatable bonds is 4. The molecule has 0 spiro atoms. The van der Waals surface area contributed by atoms with Gasteiger partial charge in [-0.25, -0.2) is 0 Å². The van der Waals surface area contributed by atoms with Crippen molar-refractivity contribution in [1.29, 1.82) is 0 Å². The summed E-state index contributed by atoms with van der Waals surface area (Å²) in [5.74, 6) is -1.76. The molecule has 1 aromatic carbocycles. The molecule has 0 aliphatic rings. The molecule has 0 aliphatic carbocycles. The molecule has 2 radical (unpaired) electrons. The molecule has 0 amide bonds. The summed E-state index contributed by atoms with van der Waals surface area (Å²) in [6, 6.07) is 5.62. The Hall–Kier alpha value is -1.80. The van der Waals surface area contributed by atoms with Gasteiger partial charge in [-0.15, -0.1) is 0 Å². The minimum absolute atomic E-state index is 0. The van der Waals surface area contributed by atoms with Gasteiger partial charge in [0.25, 0.3) is 5.69 Å². The molecule has 22 heavy (non-hydrogen) atoms. The Kier molecular flexibility index (Phi) is 12.1. The van der Waals surface area contributed by atoms with E-state index in [1.807, 2.05) is 0 Å². The number of hydrogen-bond donors (Lipinski definition) is 1. The van der Waals surface area contributed by atoms with Crippen LogP contribution in [0.25, 0.3) is 0 Å². The summed E-state index contributed by atoms with van der Waals surface area (Å²) in [5, 5.41) is 28.3. The number of nitro groups is 1. The summed E-state index contributed by atoms with van der Waals surface area (Å²) in [7, 11) is 0. The Morgan fingerprint density at radius 2 is 1.91 bits per heavy atom. The van der Waals surface area contributed by atoms with Gasteiger partial charge >= 0.3 is 33.6 Å². The SMILES string of the molecule is CC(=O)OC(=[C]c1cccc([N+](=O)[O-])c1)CO.CC(=O)[O-].[Hg+]. The van der Waals surface area contributed by atoms with E-state index in [1.165, 1.54) is 25.1 Å². The van der Waals surface area contributed by atoms with Gasteiger partial charge in [-0.3, -0.25) is 14.9 Å². The van der Waals surface area contributed by atoms with E-state index in [-0.39, 0.29) is 39.1 Å². The number of nitro benzene ring substituents is 1. The third kappa shape index (κ3) is 10.9. The fourth-order valence-electron chi connectivity index (χ4n) is 1.13. The zero-order valence-corrected chi connectivity index (χ0v) is 17.6. The third-order valence-corrected chi connectivity index (χ3v) is 1.75. The Bertz CT molecular complexity index is 553. The van der Waals surface area contributed by atoms with Crippen LogP contribution in [0.5, 0.6) is 0 Å². The van der Waals surface area contributed by atoms with E-state index >= 15 is 0 Å². The van der Waals surface area contributed by atoms with Crippen LogP contribution < -0.4 is 5.11 Å². The van der Waals surface area contributed by atoms with E-state index in [0.29, 0.717) is 5.56 Å². The van der Waals surface area contributed by atoms with Crippen LogP contribution in [0, 0.1) is 16.2 Å². The molecule has 9 heteroatoms. The molecule has 1 N–H and O–H groups in total. The van der Waals surface area contributed by atoms with E-state index in [9.17, 15) is 14.9 Å². The molecule has 0 fully saturated rings. The van der Waals surface area contributed by atoms with Gasteiger partial charge in [-0.1, -0.05) is 12.1 Å². The second-order valence-electron chi connectivity index (χ2n) is 3.60. The smallest absolute Gasteiger partial charge is 0.550 e. The molecule has 0 aromatic heterocycles. The predicted molar refractivity (Wildman–Crippen MR) is 68.5 cm³/mol. The molecule has 1 aromatic rings. The molecule has 0 aliphatic heterocycles. The maximum Gasteiger partial charge on any atom is 1.00 e. The summed E-state index contributed by atoms with van der Waals surface area (Å²) in [6.07, 6.45) is 2.57. The number of benzene rings is 1. The number of carbonyl (C=O) groups excluding carboxylic acids is 2. The summed E-state index contributed by atoms with van der Waals surface area (Å²) in [4.78, 5) is 29.5. The van der Waals surface area contributed by atoms with Crippen molar-refractivity contribution >= 4 is 17.6 Å². The number of carbonyl (C=O) groups is 2. The topological polar surface area (TPSA) is 130 Å². The quantitative estimate of drug-likeness (QED) is 0.204. The molecular weight excluding hydrogens is 483 g/mol. The monoisotopic (exact) mass is 497 g/mol. The van der Waals surface area contributed by atoms with Crippen molar-refractivity contribution in [2.24, 2.45) is 0 Å². The second kappa shape index (κ2) is 11.8. The number of hydrogen-bond acceptors (Lipinski definition) is 7. The largest absolute Gasteiger partial charge is 1.00 e. The van der Waals surface area contributed by atoms with E-state index in [0.717, 1.165) is 6.92 Å². The first kappa shape index (κ1) is 22.5. The molecule has 0 saturated heterocycles. The molecule has 8 nitrogen and oxygen atoms in total. The van der Waals surface area contributed by atoms with Gasteiger partial charge in [0.05, 0.1) is 4.92 Å². The molecule has 0 atom stereocenters. The third-order valence-electron chi connectivity index (χ3n) is 1.75. The summed E-state index contributed by atoms with van der Waals surface area (Å²) < 4.78 is 4.65. The molecule has 0 bridgehead atoms. The van der Waals surface area contributed by atoms with Crippen molar-refractivity contribution in [2.75, 3.05) is 6.61 Å². The van der Waals surface area contributed by atoms with Crippen molar-refractivity contribution < 1.29 is 57.1 Å². The number of ether oxygens (including phenoxy) is 1. The zero-order chi connectivity index (χ0) is 16.4. The summed E-state index contributed by atoms with van der Waals surface area (Å²) in [6.45, 7) is 1.65. The molecule has 0 saturated carbocycles. The van der Waals surface area contributed by atoms with Gasteiger partial charge in [0.15, 0.2) is 0 Å². The normalized spacial score (nSPS) is 9.68. The van der Waals surface area contributed by atoms with Gasteiger partial charge in [0.1, 0.15) is 12.4 Å². The second-order valence-corrected chi connectivity index (χ2v) is 3.60.